The van der Waals surface area contributed by atoms with Gasteiger partial charge in [-0.1, -0.05) is 44.4 Å². The Morgan fingerprint density at radius 3 is 2.46 bits per heavy atom. The fourth-order valence-corrected chi connectivity index (χ4v) is 4.61. The number of nitrogens with one attached hydrogen (secondary N) is 2. The van der Waals surface area contributed by atoms with Crippen LogP contribution in [-0.4, -0.2) is 35.0 Å². The second-order valence-corrected chi connectivity index (χ2v) is 9.57. The van der Waals surface area contributed by atoms with Gasteiger partial charge in [-0.05, 0) is 57.2 Å². The van der Waals surface area contributed by atoms with Gasteiger partial charge in [-0.15, -0.1) is 0 Å². The number of anilines is 1. The van der Waals surface area contributed by atoms with E-state index >= 15 is 0 Å². The van der Waals surface area contributed by atoms with E-state index in [2.05, 4.69) is 16.7 Å². The molecule has 186 valence electrons. The number of aromatic nitrogens is 1. The molecule has 1 aliphatic rings. The molecule has 1 atom stereocenters. The average Bonchev–Trinajstić information content (AvgIpc) is 3.42. The highest BCUT2D eigenvalue weighted by atomic mass is 16.5. The van der Waals surface area contributed by atoms with Gasteiger partial charge < -0.3 is 19.9 Å². The van der Waals surface area contributed by atoms with Crippen molar-refractivity contribution < 1.29 is 19.1 Å². The lowest BCUT2D eigenvalue weighted by molar-refractivity contribution is -0.150. The van der Waals surface area contributed by atoms with Crippen LogP contribution in [0, 0.1) is 38.0 Å². The molecule has 1 aromatic carbocycles. The number of nitriles is 1. The largest absolute Gasteiger partial charge is 0.454 e. The minimum absolute atomic E-state index is 0.232. The lowest BCUT2D eigenvalue weighted by atomic mass is 10.0. The third-order valence-corrected chi connectivity index (χ3v) is 6.65. The van der Waals surface area contributed by atoms with Crippen LogP contribution in [0.5, 0.6) is 0 Å². The summed E-state index contributed by atoms with van der Waals surface area (Å²) < 4.78 is 7.32. The second kappa shape index (κ2) is 11.2. The first-order valence-corrected chi connectivity index (χ1v) is 12.1. The molecular weight excluding hydrogens is 444 g/mol. The van der Waals surface area contributed by atoms with Crippen LogP contribution in [0.25, 0.3) is 0 Å². The van der Waals surface area contributed by atoms with Gasteiger partial charge in [-0.3, -0.25) is 9.59 Å². The van der Waals surface area contributed by atoms with Crippen LogP contribution in [0.15, 0.2) is 24.3 Å². The molecule has 2 amide bonds. The van der Waals surface area contributed by atoms with Crippen molar-refractivity contribution in [1.82, 2.24) is 9.88 Å². The van der Waals surface area contributed by atoms with E-state index < -0.39 is 24.5 Å². The third-order valence-electron chi connectivity index (χ3n) is 6.65. The predicted molar refractivity (Wildman–Crippen MR) is 133 cm³/mol. The Balaban J connectivity index is 1.67. The zero-order chi connectivity index (χ0) is 25.7. The fraction of sp³-hybridized carbons (Fsp3) is 0.481. The van der Waals surface area contributed by atoms with Crippen molar-refractivity contribution in [2.45, 2.75) is 72.4 Å². The molecule has 0 spiro atoms. The molecule has 1 saturated carbocycles. The first-order valence-electron chi connectivity index (χ1n) is 12.1. The summed E-state index contributed by atoms with van der Waals surface area (Å²) in [6.07, 6.45) is 4.21. The standard InChI is InChI=1S/C27H34N4O4/c1-16(2)24(30-26(33)20-10-8-9-17(3)13-20)27(34)35-15-23(32)29-25-22(14-28)18(4)19(5)31(25)21-11-6-7-12-21/h8-10,13,16,21,24H,6-7,11-12,15H2,1-5H3,(H,29,32)(H,30,33)/t24-/m1/s1. The summed E-state index contributed by atoms with van der Waals surface area (Å²) in [5.41, 5.74) is 3.61. The van der Waals surface area contributed by atoms with Crippen LogP contribution in [0.2, 0.25) is 0 Å². The maximum absolute atomic E-state index is 12.8. The Kier molecular flexibility index (Phi) is 8.34. The maximum Gasteiger partial charge on any atom is 0.329 e. The van der Waals surface area contributed by atoms with Crippen LogP contribution in [0.4, 0.5) is 5.82 Å². The van der Waals surface area contributed by atoms with Crippen LogP contribution < -0.4 is 10.6 Å². The Morgan fingerprint density at radius 2 is 1.86 bits per heavy atom. The molecule has 0 unspecified atom stereocenters. The maximum atomic E-state index is 12.8. The van der Waals surface area contributed by atoms with E-state index in [0.717, 1.165) is 42.5 Å². The van der Waals surface area contributed by atoms with Crippen molar-refractivity contribution in [3.63, 3.8) is 0 Å². The second-order valence-electron chi connectivity index (χ2n) is 9.57. The quantitative estimate of drug-likeness (QED) is 0.548. The number of aryl methyl sites for hydroxylation is 1. The van der Waals surface area contributed by atoms with Gasteiger partial charge in [0.1, 0.15) is 17.9 Å². The van der Waals surface area contributed by atoms with Gasteiger partial charge in [0.15, 0.2) is 6.61 Å². The van der Waals surface area contributed by atoms with Gasteiger partial charge in [0.05, 0.1) is 5.56 Å². The van der Waals surface area contributed by atoms with Crippen molar-refractivity contribution in [2.75, 3.05) is 11.9 Å². The summed E-state index contributed by atoms with van der Waals surface area (Å²) >= 11 is 0. The number of carbonyl (C=O) groups is 3. The molecule has 1 heterocycles. The normalized spacial score (nSPS) is 14.4. The molecule has 1 aromatic heterocycles. The molecule has 2 N–H and O–H groups in total. The van der Waals surface area contributed by atoms with Crippen LogP contribution in [0.1, 0.15) is 78.3 Å². The number of hydrogen-bond acceptors (Lipinski definition) is 5. The number of nitrogens with zero attached hydrogens (tertiary/aromatic N) is 2. The Morgan fingerprint density at radius 1 is 1.17 bits per heavy atom. The molecule has 2 aromatic rings. The third kappa shape index (κ3) is 5.91. The lowest BCUT2D eigenvalue weighted by Gasteiger charge is -2.21. The summed E-state index contributed by atoms with van der Waals surface area (Å²) in [6.45, 7) is 8.78. The smallest absolute Gasteiger partial charge is 0.329 e. The van der Waals surface area contributed by atoms with Crippen molar-refractivity contribution in [3.8, 4) is 6.07 Å². The molecule has 8 nitrogen and oxygen atoms in total. The molecule has 1 fully saturated rings. The van der Waals surface area contributed by atoms with Gasteiger partial charge >= 0.3 is 5.97 Å². The summed E-state index contributed by atoms with van der Waals surface area (Å²) in [5, 5.41) is 15.2. The number of amides is 2. The molecule has 1 aliphatic carbocycles. The number of hydrogen-bond donors (Lipinski definition) is 2. The van der Waals surface area contributed by atoms with Crippen LogP contribution in [0.3, 0.4) is 0 Å². The van der Waals surface area contributed by atoms with Crippen molar-refractivity contribution in [2.24, 2.45) is 5.92 Å². The van der Waals surface area contributed by atoms with E-state index in [0.29, 0.717) is 16.9 Å². The summed E-state index contributed by atoms with van der Waals surface area (Å²) in [5.74, 6) is -1.37. The van der Waals surface area contributed by atoms with Crippen LogP contribution >= 0.6 is 0 Å². The summed E-state index contributed by atoms with van der Waals surface area (Å²) in [4.78, 5) is 38.1. The van der Waals surface area contributed by atoms with E-state index in [1.807, 2.05) is 31.4 Å². The minimum atomic E-state index is -0.905. The monoisotopic (exact) mass is 478 g/mol. The number of ether oxygens (including phenoxy) is 1. The number of carbonyl (C=O) groups excluding carboxylic acids is 3. The summed E-state index contributed by atoms with van der Waals surface area (Å²) in [7, 11) is 0. The Bertz CT molecular complexity index is 1150. The molecule has 3 rings (SSSR count). The molecule has 8 heteroatoms. The highest BCUT2D eigenvalue weighted by Crippen LogP contribution is 2.37. The van der Waals surface area contributed by atoms with Crippen molar-refractivity contribution in [3.05, 3.63) is 52.2 Å². The average molecular weight is 479 g/mol. The van der Waals surface area contributed by atoms with Crippen molar-refractivity contribution in [1.29, 1.82) is 5.26 Å². The van der Waals surface area contributed by atoms with E-state index in [1.165, 1.54) is 0 Å². The molecule has 0 aliphatic heterocycles. The zero-order valence-electron chi connectivity index (χ0n) is 21.1. The topological polar surface area (TPSA) is 113 Å². The Labute approximate surface area is 206 Å². The molecule has 35 heavy (non-hydrogen) atoms. The molecule has 0 radical (unpaired) electrons. The van der Waals surface area contributed by atoms with Gasteiger partial charge in [0, 0.05) is 17.3 Å². The van der Waals surface area contributed by atoms with E-state index in [-0.39, 0.29) is 17.9 Å². The Hall–Kier alpha value is -3.60. The van der Waals surface area contributed by atoms with Crippen LogP contribution in [-0.2, 0) is 14.3 Å². The van der Waals surface area contributed by atoms with Gasteiger partial charge in [-0.2, -0.15) is 5.26 Å². The number of esters is 1. The fourth-order valence-electron chi connectivity index (χ4n) is 4.61. The van der Waals surface area contributed by atoms with Gasteiger partial charge in [-0.25, -0.2) is 4.79 Å². The SMILES string of the molecule is Cc1cccc(C(=O)N[C@@H](C(=O)OCC(=O)Nc2c(C#N)c(C)c(C)n2C2CCCC2)C(C)C)c1. The van der Waals surface area contributed by atoms with Gasteiger partial charge in [0.2, 0.25) is 0 Å². The highest BCUT2D eigenvalue weighted by Gasteiger charge is 2.29. The molecular formula is C27H34N4O4. The molecule has 0 bridgehead atoms. The van der Waals surface area contributed by atoms with E-state index in [1.54, 1.807) is 32.0 Å². The predicted octanol–water partition coefficient (Wildman–Crippen LogP) is 4.34. The van der Waals surface area contributed by atoms with Gasteiger partial charge in [0.25, 0.3) is 11.8 Å². The highest BCUT2D eigenvalue weighted by molar-refractivity contribution is 5.98. The van der Waals surface area contributed by atoms with E-state index in [9.17, 15) is 19.6 Å². The first-order chi connectivity index (χ1) is 16.6. The number of benzene rings is 1. The minimum Gasteiger partial charge on any atom is -0.454 e. The number of rotatable bonds is 8. The molecule has 0 saturated heterocycles. The summed E-state index contributed by atoms with van der Waals surface area (Å²) in [6, 6.07) is 8.60. The lowest BCUT2D eigenvalue weighted by Crippen LogP contribution is -2.46. The first kappa shape index (κ1) is 26.0. The van der Waals surface area contributed by atoms with E-state index in [4.69, 9.17) is 4.74 Å². The van der Waals surface area contributed by atoms with Crippen molar-refractivity contribution >= 4 is 23.6 Å². The zero-order valence-corrected chi connectivity index (χ0v) is 21.1.